The van der Waals surface area contributed by atoms with Crippen molar-refractivity contribution < 1.29 is 4.79 Å². The maximum atomic E-state index is 11.8. The standard InChI is InChI=1S/C13H23N3O/c1-4-8-14-10-12-7-6-9-16(12)11-13(17)15(3)5-2/h6-7,9,14H,4-5,8,10-11H2,1-3H3. The summed E-state index contributed by atoms with van der Waals surface area (Å²) in [5.74, 6) is 0.153. The molecule has 96 valence electrons. The van der Waals surface area contributed by atoms with Gasteiger partial charge in [-0.05, 0) is 32.0 Å². The summed E-state index contributed by atoms with van der Waals surface area (Å²) in [7, 11) is 1.83. The lowest BCUT2D eigenvalue weighted by Gasteiger charge is -2.16. The largest absolute Gasteiger partial charge is 0.344 e. The van der Waals surface area contributed by atoms with E-state index in [2.05, 4.69) is 18.3 Å². The molecule has 0 unspecified atom stereocenters. The van der Waals surface area contributed by atoms with Crippen molar-refractivity contribution in [2.75, 3.05) is 20.1 Å². The molecule has 0 fully saturated rings. The molecule has 4 heteroatoms. The van der Waals surface area contributed by atoms with Crippen LogP contribution >= 0.6 is 0 Å². The van der Waals surface area contributed by atoms with Gasteiger partial charge in [-0.1, -0.05) is 6.92 Å². The number of carbonyl (C=O) groups is 1. The van der Waals surface area contributed by atoms with Crippen molar-refractivity contribution in [2.45, 2.75) is 33.4 Å². The van der Waals surface area contributed by atoms with Crippen LogP contribution in [0.2, 0.25) is 0 Å². The lowest BCUT2D eigenvalue weighted by atomic mass is 10.4. The summed E-state index contributed by atoms with van der Waals surface area (Å²) >= 11 is 0. The van der Waals surface area contributed by atoms with Gasteiger partial charge in [0.25, 0.3) is 0 Å². The molecule has 4 nitrogen and oxygen atoms in total. The van der Waals surface area contributed by atoms with E-state index in [0.717, 1.165) is 31.7 Å². The Morgan fingerprint density at radius 3 is 2.88 bits per heavy atom. The number of amides is 1. The molecule has 0 bridgehead atoms. The van der Waals surface area contributed by atoms with Crippen LogP contribution < -0.4 is 5.32 Å². The van der Waals surface area contributed by atoms with Gasteiger partial charge < -0.3 is 14.8 Å². The molecule has 0 aromatic carbocycles. The van der Waals surface area contributed by atoms with E-state index < -0.39 is 0 Å². The summed E-state index contributed by atoms with van der Waals surface area (Å²) in [4.78, 5) is 13.5. The zero-order valence-corrected chi connectivity index (χ0v) is 11.1. The molecular formula is C13H23N3O. The first-order chi connectivity index (χ1) is 8.19. The maximum absolute atomic E-state index is 11.8. The quantitative estimate of drug-likeness (QED) is 0.729. The highest BCUT2D eigenvalue weighted by atomic mass is 16.2. The van der Waals surface area contributed by atoms with Gasteiger partial charge in [0.1, 0.15) is 6.54 Å². The molecule has 0 spiro atoms. The van der Waals surface area contributed by atoms with Gasteiger partial charge in [-0.2, -0.15) is 0 Å². The van der Waals surface area contributed by atoms with Gasteiger partial charge in [0.05, 0.1) is 0 Å². The van der Waals surface area contributed by atoms with Crippen LogP contribution in [0.4, 0.5) is 0 Å². The number of hydrogen-bond acceptors (Lipinski definition) is 2. The van der Waals surface area contributed by atoms with Crippen molar-refractivity contribution in [3.05, 3.63) is 24.0 Å². The summed E-state index contributed by atoms with van der Waals surface area (Å²) < 4.78 is 2.01. The predicted octanol–water partition coefficient (Wildman–Crippen LogP) is 1.47. The zero-order valence-electron chi connectivity index (χ0n) is 11.1. The van der Waals surface area contributed by atoms with Gasteiger partial charge in [0.15, 0.2) is 0 Å². The molecule has 17 heavy (non-hydrogen) atoms. The van der Waals surface area contributed by atoms with E-state index >= 15 is 0 Å². The fourth-order valence-corrected chi connectivity index (χ4v) is 1.60. The van der Waals surface area contributed by atoms with Crippen LogP contribution in [0.3, 0.4) is 0 Å². The van der Waals surface area contributed by atoms with E-state index in [0.29, 0.717) is 6.54 Å². The molecule has 1 heterocycles. The van der Waals surface area contributed by atoms with Crippen LogP contribution in [0.5, 0.6) is 0 Å². The first-order valence-corrected chi connectivity index (χ1v) is 6.27. The topological polar surface area (TPSA) is 37.3 Å². The number of nitrogens with one attached hydrogen (secondary N) is 1. The molecule has 0 atom stereocenters. The van der Waals surface area contributed by atoms with Crippen LogP contribution in [0.25, 0.3) is 0 Å². The summed E-state index contributed by atoms with van der Waals surface area (Å²) in [5.41, 5.74) is 1.16. The highest BCUT2D eigenvalue weighted by Gasteiger charge is 2.09. The van der Waals surface area contributed by atoms with E-state index in [1.54, 1.807) is 4.90 Å². The number of carbonyl (C=O) groups excluding carboxylic acids is 1. The van der Waals surface area contributed by atoms with Gasteiger partial charge in [0, 0.05) is 32.0 Å². The molecule has 0 saturated carbocycles. The third-order valence-electron chi connectivity index (χ3n) is 2.86. The Hall–Kier alpha value is -1.29. The number of nitrogens with zero attached hydrogens (tertiary/aromatic N) is 2. The highest BCUT2D eigenvalue weighted by Crippen LogP contribution is 2.03. The molecule has 1 N–H and O–H groups in total. The normalized spacial score (nSPS) is 10.5. The van der Waals surface area contributed by atoms with Crippen LogP contribution in [-0.2, 0) is 17.9 Å². The Labute approximate surface area is 104 Å². The number of rotatable bonds is 7. The third-order valence-corrected chi connectivity index (χ3v) is 2.86. The molecule has 0 aliphatic rings. The first kappa shape index (κ1) is 13.8. The lowest BCUT2D eigenvalue weighted by molar-refractivity contribution is -0.130. The monoisotopic (exact) mass is 237 g/mol. The van der Waals surface area contributed by atoms with Crippen LogP contribution in [0, 0.1) is 0 Å². The Morgan fingerprint density at radius 1 is 1.47 bits per heavy atom. The van der Waals surface area contributed by atoms with Crippen LogP contribution in [0.1, 0.15) is 26.0 Å². The molecule has 1 rings (SSSR count). The van der Waals surface area contributed by atoms with Crippen molar-refractivity contribution in [3.8, 4) is 0 Å². The minimum atomic E-state index is 0.153. The average Bonchev–Trinajstić information content (AvgIpc) is 2.76. The van der Waals surface area contributed by atoms with Gasteiger partial charge in [-0.3, -0.25) is 4.79 Å². The number of hydrogen-bond donors (Lipinski definition) is 1. The van der Waals surface area contributed by atoms with E-state index in [4.69, 9.17) is 0 Å². The second kappa shape index (κ2) is 7.12. The summed E-state index contributed by atoms with van der Waals surface area (Å²) in [5, 5.41) is 3.35. The average molecular weight is 237 g/mol. The van der Waals surface area contributed by atoms with Crippen molar-refractivity contribution in [3.63, 3.8) is 0 Å². The number of likely N-dealkylation sites (N-methyl/N-ethyl adjacent to an activating group) is 1. The first-order valence-electron chi connectivity index (χ1n) is 6.27. The molecule has 1 aromatic rings. The van der Waals surface area contributed by atoms with Crippen molar-refractivity contribution >= 4 is 5.91 Å². The molecule has 1 aromatic heterocycles. The Morgan fingerprint density at radius 2 is 2.24 bits per heavy atom. The maximum Gasteiger partial charge on any atom is 0.242 e. The van der Waals surface area contributed by atoms with Crippen molar-refractivity contribution in [1.29, 1.82) is 0 Å². The molecule has 0 aliphatic carbocycles. The zero-order chi connectivity index (χ0) is 12.7. The summed E-state index contributed by atoms with van der Waals surface area (Å²) in [6.07, 6.45) is 3.09. The molecule has 0 radical (unpaired) electrons. The van der Waals surface area contributed by atoms with E-state index in [9.17, 15) is 4.79 Å². The molecular weight excluding hydrogens is 214 g/mol. The van der Waals surface area contributed by atoms with Gasteiger partial charge in [-0.25, -0.2) is 0 Å². The fourth-order valence-electron chi connectivity index (χ4n) is 1.60. The Bertz CT molecular complexity index is 346. The SMILES string of the molecule is CCCNCc1cccn1CC(=O)N(C)CC. The van der Waals surface area contributed by atoms with Gasteiger partial charge >= 0.3 is 0 Å². The predicted molar refractivity (Wildman–Crippen MR) is 69.7 cm³/mol. The van der Waals surface area contributed by atoms with Gasteiger partial charge in [0.2, 0.25) is 5.91 Å². The highest BCUT2D eigenvalue weighted by molar-refractivity contribution is 5.75. The van der Waals surface area contributed by atoms with Crippen molar-refractivity contribution in [1.82, 2.24) is 14.8 Å². The minimum absolute atomic E-state index is 0.153. The third kappa shape index (κ3) is 4.23. The van der Waals surface area contributed by atoms with E-state index in [-0.39, 0.29) is 5.91 Å². The van der Waals surface area contributed by atoms with Crippen LogP contribution in [0.15, 0.2) is 18.3 Å². The Balaban J connectivity index is 2.53. The minimum Gasteiger partial charge on any atom is -0.344 e. The summed E-state index contributed by atoms with van der Waals surface area (Å²) in [6, 6.07) is 4.05. The fraction of sp³-hybridized carbons (Fsp3) is 0.615. The summed E-state index contributed by atoms with van der Waals surface area (Å²) in [6.45, 7) is 7.14. The molecule has 0 aliphatic heterocycles. The second-order valence-corrected chi connectivity index (χ2v) is 4.21. The Kier molecular flexibility index (Phi) is 5.77. The van der Waals surface area contributed by atoms with Gasteiger partial charge in [-0.15, -0.1) is 0 Å². The van der Waals surface area contributed by atoms with E-state index in [1.165, 1.54) is 0 Å². The number of aromatic nitrogens is 1. The second-order valence-electron chi connectivity index (χ2n) is 4.21. The van der Waals surface area contributed by atoms with Crippen molar-refractivity contribution in [2.24, 2.45) is 0 Å². The molecule has 0 saturated heterocycles. The molecule has 1 amide bonds. The van der Waals surface area contributed by atoms with E-state index in [1.807, 2.05) is 30.8 Å². The van der Waals surface area contributed by atoms with Crippen LogP contribution in [-0.4, -0.2) is 35.5 Å². The smallest absolute Gasteiger partial charge is 0.242 e. The lowest BCUT2D eigenvalue weighted by Crippen LogP contribution is -2.30.